The molecule has 5 heteroatoms. The number of aryl methyl sites for hydroxylation is 1. The zero-order valence-corrected chi connectivity index (χ0v) is 21.7. The van der Waals surface area contributed by atoms with Crippen molar-refractivity contribution in [3.05, 3.63) is 21.9 Å². The molecule has 4 atom stereocenters. The van der Waals surface area contributed by atoms with Crippen molar-refractivity contribution >= 4 is 28.9 Å². The number of hydrogen-bond donors (Lipinski definition) is 1. The van der Waals surface area contributed by atoms with Crippen molar-refractivity contribution in [2.45, 2.75) is 115 Å². The van der Waals surface area contributed by atoms with Gasteiger partial charge in [-0.1, -0.05) is 45.4 Å². The lowest BCUT2D eigenvalue weighted by molar-refractivity contribution is 0.0606. The van der Waals surface area contributed by atoms with Gasteiger partial charge in [-0.2, -0.15) is 0 Å². The molecule has 0 bridgehead atoms. The highest BCUT2D eigenvalue weighted by Gasteiger charge is 2.42. The fourth-order valence-electron chi connectivity index (χ4n) is 6.32. The molecule has 2 aliphatic rings. The van der Waals surface area contributed by atoms with Gasteiger partial charge in [-0.3, -0.25) is 0 Å². The first-order chi connectivity index (χ1) is 15.5. The van der Waals surface area contributed by atoms with E-state index in [9.17, 15) is 9.90 Å². The summed E-state index contributed by atoms with van der Waals surface area (Å²) in [7, 11) is 1.43. The summed E-state index contributed by atoms with van der Waals surface area (Å²) in [6.07, 6.45) is 18.3. The summed E-state index contributed by atoms with van der Waals surface area (Å²) >= 11 is 8.29. The lowest BCUT2D eigenvalue weighted by Gasteiger charge is -2.39. The molecule has 0 unspecified atom stereocenters. The Kier molecular flexibility index (Phi) is 10.4. The van der Waals surface area contributed by atoms with E-state index in [0.717, 1.165) is 32.1 Å². The average molecular weight is 483 g/mol. The van der Waals surface area contributed by atoms with Gasteiger partial charge in [-0.25, -0.2) is 4.79 Å². The van der Waals surface area contributed by atoms with E-state index in [4.69, 9.17) is 16.3 Å². The third-order valence-corrected chi connectivity index (χ3v) is 9.84. The number of carbonyl (C=O) groups is 1. The largest absolute Gasteiger partial charge is 0.465 e. The summed E-state index contributed by atoms with van der Waals surface area (Å²) < 4.78 is 4.82. The average Bonchev–Trinajstić information content (AvgIpc) is 3.37. The number of ether oxygens (including phenoxy) is 1. The summed E-state index contributed by atoms with van der Waals surface area (Å²) in [6, 6.07) is 3.90. The number of unbranched alkanes of at least 4 members (excludes halogenated alkanes) is 2. The van der Waals surface area contributed by atoms with Gasteiger partial charge in [0.2, 0.25) is 0 Å². The summed E-state index contributed by atoms with van der Waals surface area (Å²) in [5.41, 5.74) is 0.517. The van der Waals surface area contributed by atoms with Crippen molar-refractivity contribution in [1.29, 1.82) is 0 Å². The second-order valence-electron chi connectivity index (χ2n) is 10.4. The van der Waals surface area contributed by atoms with E-state index in [-0.39, 0.29) is 17.5 Å². The van der Waals surface area contributed by atoms with E-state index in [2.05, 4.69) is 6.92 Å². The quantitative estimate of drug-likeness (QED) is 0.188. The number of halogens is 1. The van der Waals surface area contributed by atoms with Gasteiger partial charge in [-0.15, -0.1) is 22.9 Å². The Bertz CT molecular complexity index is 697. The van der Waals surface area contributed by atoms with Crippen molar-refractivity contribution in [1.82, 2.24) is 0 Å². The Morgan fingerprint density at radius 2 is 1.91 bits per heavy atom. The van der Waals surface area contributed by atoms with Crippen molar-refractivity contribution < 1.29 is 14.6 Å². The third-order valence-electron chi connectivity index (χ3n) is 8.22. The minimum absolute atomic E-state index is 0.0892. The molecule has 3 nitrogen and oxygen atoms in total. The highest BCUT2D eigenvalue weighted by molar-refractivity contribution is 7.13. The molecule has 1 aromatic heterocycles. The summed E-state index contributed by atoms with van der Waals surface area (Å²) in [4.78, 5) is 13.6. The topological polar surface area (TPSA) is 46.5 Å². The highest BCUT2D eigenvalue weighted by Crippen LogP contribution is 2.48. The van der Waals surface area contributed by atoms with Crippen molar-refractivity contribution in [3.63, 3.8) is 0 Å². The number of esters is 1. The minimum atomic E-state index is -0.253. The second kappa shape index (κ2) is 12.8. The molecule has 2 aliphatic carbocycles. The smallest absolute Gasteiger partial charge is 0.348 e. The van der Waals surface area contributed by atoms with Crippen molar-refractivity contribution in [2.24, 2.45) is 17.3 Å². The number of methoxy groups -OCH3 is 1. The first-order valence-corrected chi connectivity index (χ1v) is 14.2. The number of alkyl halides is 1. The van der Waals surface area contributed by atoms with Crippen LogP contribution in [0.4, 0.5) is 0 Å². The van der Waals surface area contributed by atoms with E-state index >= 15 is 0 Å². The Morgan fingerprint density at radius 3 is 2.62 bits per heavy atom. The lowest BCUT2D eigenvalue weighted by Crippen LogP contribution is -2.28. The zero-order chi connectivity index (χ0) is 23.0. The molecule has 2 saturated carbocycles. The number of carbonyl (C=O) groups excluding carboxylic acids is 1. The fraction of sp³-hybridized carbons (Fsp3) is 0.815. The fourth-order valence-corrected chi connectivity index (χ4v) is 7.78. The van der Waals surface area contributed by atoms with Gasteiger partial charge < -0.3 is 9.84 Å². The van der Waals surface area contributed by atoms with Gasteiger partial charge >= 0.3 is 5.97 Å². The molecule has 1 N–H and O–H groups in total. The molecule has 32 heavy (non-hydrogen) atoms. The number of rotatable bonds is 12. The van der Waals surface area contributed by atoms with E-state index in [1.807, 2.05) is 12.1 Å². The van der Waals surface area contributed by atoms with Gasteiger partial charge in [0.15, 0.2) is 0 Å². The van der Waals surface area contributed by atoms with Crippen LogP contribution in [0.1, 0.15) is 111 Å². The van der Waals surface area contributed by atoms with Gasteiger partial charge in [0.1, 0.15) is 4.88 Å². The maximum Gasteiger partial charge on any atom is 0.348 e. The van der Waals surface area contributed by atoms with Crippen LogP contribution in [0.15, 0.2) is 12.1 Å². The maximum absolute atomic E-state index is 11.7. The van der Waals surface area contributed by atoms with Crippen LogP contribution >= 0.6 is 22.9 Å². The molecule has 182 valence electrons. The van der Waals surface area contributed by atoms with E-state index in [1.165, 1.54) is 87.5 Å². The van der Waals surface area contributed by atoms with Crippen LogP contribution in [0.25, 0.3) is 0 Å². The van der Waals surface area contributed by atoms with Gasteiger partial charge in [-0.05, 0) is 87.2 Å². The van der Waals surface area contributed by atoms with Crippen LogP contribution in [0.3, 0.4) is 0 Å². The van der Waals surface area contributed by atoms with Gasteiger partial charge in [0, 0.05) is 10.3 Å². The van der Waals surface area contributed by atoms with E-state index < -0.39 is 0 Å². The van der Waals surface area contributed by atoms with Crippen LogP contribution in [0, 0.1) is 17.3 Å². The van der Waals surface area contributed by atoms with Crippen LogP contribution in [-0.4, -0.2) is 29.7 Å². The monoisotopic (exact) mass is 482 g/mol. The molecule has 0 aromatic carbocycles. The van der Waals surface area contributed by atoms with Crippen LogP contribution in [0.5, 0.6) is 0 Å². The van der Waals surface area contributed by atoms with Crippen molar-refractivity contribution in [3.8, 4) is 0 Å². The Morgan fingerprint density at radius 1 is 1.12 bits per heavy atom. The molecule has 0 aliphatic heterocycles. The summed E-state index contributed by atoms with van der Waals surface area (Å²) in [5.74, 6) is 0.496. The van der Waals surface area contributed by atoms with Crippen LogP contribution < -0.4 is 0 Å². The lowest BCUT2D eigenvalue weighted by atomic mass is 9.66. The van der Waals surface area contributed by atoms with Gasteiger partial charge in [0.25, 0.3) is 0 Å². The number of thiophene rings is 1. The first kappa shape index (κ1) is 26.0. The van der Waals surface area contributed by atoms with Crippen molar-refractivity contribution in [2.75, 3.05) is 7.11 Å². The number of aliphatic hydroxyl groups excluding tert-OH is 1. The predicted molar refractivity (Wildman–Crippen MR) is 135 cm³/mol. The second-order valence-corrected chi connectivity index (χ2v) is 12.1. The maximum atomic E-state index is 11.7. The summed E-state index contributed by atoms with van der Waals surface area (Å²) in [6.45, 7) is 2.29. The number of hydrogen-bond acceptors (Lipinski definition) is 4. The molecule has 2 fully saturated rings. The summed E-state index contributed by atoms with van der Waals surface area (Å²) in [5, 5.41) is 10.9. The minimum Gasteiger partial charge on any atom is -0.465 e. The third kappa shape index (κ3) is 6.96. The van der Waals surface area contributed by atoms with Crippen LogP contribution in [0.2, 0.25) is 0 Å². The molecule has 0 radical (unpaired) electrons. The molecule has 1 heterocycles. The van der Waals surface area contributed by atoms with Gasteiger partial charge in [0.05, 0.1) is 13.2 Å². The molecule has 0 amide bonds. The highest BCUT2D eigenvalue weighted by atomic mass is 35.5. The Balaban J connectivity index is 1.53. The molecule has 1 aromatic rings. The zero-order valence-electron chi connectivity index (χ0n) is 20.1. The number of aliphatic hydroxyl groups is 1. The molecule has 3 rings (SSSR count). The Hall–Kier alpha value is -0.580. The predicted octanol–water partition coefficient (Wildman–Crippen LogP) is 7.77. The first-order valence-electron chi connectivity index (χ1n) is 13.0. The molecule has 0 spiro atoms. The normalized spacial score (nSPS) is 27.5. The Labute approximate surface area is 204 Å². The molecular weight excluding hydrogens is 440 g/mol. The SMILES string of the molecule is CCCCCC1(CC[C@@H]2[C@@H](CCCc3ccc(C(=O)OC)s3)[C@H](Cl)C[C@H]2O)CCCCC1. The van der Waals surface area contributed by atoms with E-state index in [1.54, 1.807) is 0 Å². The molecular formula is C27H43ClO3S. The van der Waals surface area contributed by atoms with E-state index in [0.29, 0.717) is 22.1 Å². The standard InChI is InChI=1S/C27H43ClO3S/c1-3-4-6-15-27(16-7-5-8-17-27)18-14-22-21(23(28)19-24(22)29)11-9-10-20-12-13-25(32-20)26(30)31-2/h12-13,21-24,29H,3-11,14-19H2,1-2H3/t21-,22-,23-,24-/m1/s1. The molecule has 0 saturated heterocycles. The van der Waals surface area contributed by atoms with Crippen LogP contribution in [-0.2, 0) is 11.2 Å².